The fourth-order valence-corrected chi connectivity index (χ4v) is 1.52. The first-order valence-corrected chi connectivity index (χ1v) is 5.89. The van der Waals surface area contributed by atoms with Crippen LogP contribution in [0.2, 0.25) is 0 Å². The van der Waals surface area contributed by atoms with Gasteiger partial charge in [-0.25, -0.2) is 4.98 Å². The second-order valence-electron chi connectivity index (χ2n) is 4.45. The highest BCUT2D eigenvalue weighted by atomic mass is 19.4. The maximum Gasteiger partial charge on any atom is 0.411 e. The highest BCUT2D eigenvalue weighted by molar-refractivity contribution is 5.03. The van der Waals surface area contributed by atoms with Crippen LogP contribution in [0.25, 0.3) is 0 Å². The molecule has 0 radical (unpaired) electrons. The number of nitrogens with zero attached hydrogens (tertiary/aromatic N) is 1. The summed E-state index contributed by atoms with van der Waals surface area (Å²) in [5, 5.41) is 3.17. The molecule has 106 valence electrons. The van der Waals surface area contributed by atoms with Crippen molar-refractivity contribution in [3.8, 4) is 0 Å². The second kappa shape index (κ2) is 5.70. The summed E-state index contributed by atoms with van der Waals surface area (Å²) in [6.07, 6.45) is -2.18. The van der Waals surface area contributed by atoms with Gasteiger partial charge in [-0.3, -0.25) is 4.79 Å². The van der Waals surface area contributed by atoms with Crippen LogP contribution in [-0.4, -0.2) is 28.8 Å². The molecule has 0 bridgehead atoms. The molecule has 0 aromatic carbocycles. The number of aromatic amines is 1. The normalized spacial score (nSPS) is 15.7. The molecule has 0 saturated heterocycles. The molecule has 2 rings (SSSR count). The van der Waals surface area contributed by atoms with Gasteiger partial charge in [-0.1, -0.05) is 0 Å². The van der Waals surface area contributed by atoms with Crippen molar-refractivity contribution in [2.24, 2.45) is 0 Å². The van der Waals surface area contributed by atoms with E-state index in [0.717, 1.165) is 12.8 Å². The standard InChI is InChI=1S/C11H14F3N3O2/c12-11(13,14)6-19-5-9-16-8(3-10(18)17-9)4-15-7-1-2-7/h3,7,15H,1-2,4-6H2,(H,16,17,18). The lowest BCUT2D eigenvalue weighted by Gasteiger charge is -2.08. The summed E-state index contributed by atoms with van der Waals surface area (Å²) in [5.41, 5.74) is 0.106. The van der Waals surface area contributed by atoms with Crippen LogP contribution in [0.3, 0.4) is 0 Å². The lowest BCUT2D eigenvalue weighted by Crippen LogP contribution is -2.22. The van der Waals surface area contributed by atoms with Crippen LogP contribution >= 0.6 is 0 Å². The van der Waals surface area contributed by atoms with E-state index in [2.05, 4.69) is 20.0 Å². The Morgan fingerprint density at radius 1 is 1.47 bits per heavy atom. The zero-order valence-electron chi connectivity index (χ0n) is 10.1. The van der Waals surface area contributed by atoms with Crippen LogP contribution in [0.15, 0.2) is 10.9 Å². The molecule has 0 amide bonds. The Labute approximate surface area is 107 Å². The van der Waals surface area contributed by atoms with Crippen molar-refractivity contribution in [3.63, 3.8) is 0 Å². The van der Waals surface area contributed by atoms with Crippen LogP contribution in [0.4, 0.5) is 13.2 Å². The predicted molar refractivity (Wildman–Crippen MR) is 60.4 cm³/mol. The van der Waals surface area contributed by atoms with Crippen molar-refractivity contribution < 1.29 is 17.9 Å². The minimum Gasteiger partial charge on any atom is -0.364 e. The summed E-state index contributed by atoms with van der Waals surface area (Å²) < 4.78 is 40.2. The van der Waals surface area contributed by atoms with Crippen LogP contribution in [0.5, 0.6) is 0 Å². The fraction of sp³-hybridized carbons (Fsp3) is 0.636. The van der Waals surface area contributed by atoms with Crippen molar-refractivity contribution in [3.05, 3.63) is 27.9 Å². The van der Waals surface area contributed by atoms with Gasteiger partial charge in [-0.15, -0.1) is 0 Å². The first-order chi connectivity index (χ1) is 8.92. The summed E-state index contributed by atoms with van der Waals surface area (Å²) >= 11 is 0. The van der Waals surface area contributed by atoms with Crippen LogP contribution < -0.4 is 10.9 Å². The van der Waals surface area contributed by atoms with Gasteiger partial charge >= 0.3 is 6.18 Å². The van der Waals surface area contributed by atoms with Gasteiger partial charge in [0.2, 0.25) is 0 Å². The largest absolute Gasteiger partial charge is 0.411 e. The van der Waals surface area contributed by atoms with Crippen molar-refractivity contribution in [2.75, 3.05) is 6.61 Å². The topological polar surface area (TPSA) is 67.0 Å². The summed E-state index contributed by atoms with van der Waals surface area (Å²) in [6, 6.07) is 1.79. The lowest BCUT2D eigenvalue weighted by atomic mass is 10.4. The Balaban J connectivity index is 1.89. The first-order valence-electron chi connectivity index (χ1n) is 5.89. The predicted octanol–water partition coefficient (Wildman–Crippen LogP) is 1.10. The smallest absolute Gasteiger partial charge is 0.364 e. The number of H-pyrrole nitrogens is 1. The van der Waals surface area contributed by atoms with Crippen molar-refractivity contribution >= 4 is 0 Å². The number of rotatable bonds is 6. The van der Waals surface area contributed by atoms with Crippen molar-refractivity contribution in [2.45, 2.75) is 38.2 Å². The molecule has 0 unspecified atom stereocenters. The highest BCUT2D eigenvalue weighted by Crippen LogP contribution is 2.19. The molecule has 19 heavy (non-hydrogen) atoms. The molecule has 0 atom stereocenters. The van der Waals surface area contributed by atoms with Crippen molar-refractivity contribution in [1.29, 1.82) is 0 Å². The molecule has 2 N–H and O–H groups in total. The summed E-state index contributed by atoms with van der Waals surface area (Å²) in [7, 11) is 0. The third kappa shape index (κ3) is 5.39. The van der Waals surface area contributed by atoms with E-state index in [0.29, 0.717) is 18.3 Å². The molecule has 1 aromatic rings. The number of aromatic nitrogens is 2. The molecule has 0 spiro atoms. The highest BCUT2D eigenvalue weighted by Gasteiger charge is 2.27. The zero-order valence-corrected chi connectivity index (χ0v) is 10.1. The van der Waals surface area contributed by atoms with Gasteiger partial charge < -0.3 is 15.0 Å². The number of ether oxygens (including phenoxy) is 1. The van der Waals surface area contributed by atoms with Gasteiger partial charge in [0.05, 0.1) is 5.69 Å². The molecule has 0 aliphatic heterocycles. The molecule has 1 heterocycles. The van der Waals surface area contributed by atoms with Gasteiger partial charge in [0.1, 0.15) is 19.0 Å². The van der Waals surface area contributed by atoms with E-state index in [-0.39, 0.29) is 12.4 Å². The number of hydrogen-bond donors (Lipinski definition) is 2. The molecule has 1 fully saturated rings. The van der Waals surface area contributed by atoms with E-state index < -0.39 is 18.3 Å². The minimum atomic E-state index is -4.38. The van der Waals surface area contributed by atoms with Gasteiger partial charge in [-0.2, -0.15) is 13.2 Å². The zero-order chi connectivity index (χ0) is 13.9. The minimum absolute atomic E-state index is 0.101. The SMILES string of the molecule is O=c1cc(CNC2CC2)nc(COCC(F)(F)F)[nH]1. The average Bonchev–Trinajstić information content (AvgIpc) is 3.07. The van der Waals surface area contributed by atoms with Gasteiger partial charge in [0.15, 0.2) is 0 Å². The molecule has 1 saturated carbocycles. The summed E-state index contributed by atoms with van der Waals surface area (Å²) in [4.78, 5) is 17.7. The number of halogens is 3. The Kier molecular flexibility index (Phi) is 4.20. The second-order valence-corrected chi connectivity index (χ2v) is 4.45. The van der Waals surface area contributed by atoms with E-state index >= 15 is 0 Å². The quantitative estimate of drug-likeness (QED) is 0.817. The fourth-order valence-electron chi connectivity index (χ4n) is 1.52. The molecule has 1 aromatic heterocycles. The number of alkyl halides is 3. The third-order valence-corrected chi connectivity index (χ3v) is 2.50. The number of nitrogens with one attached hydrogen (secondary N) is 2. The molecule has 1 aliphatic carbocycles. The van der Waals surface area contributed by atoms with Gasteiger partial charge in [-0.05, 0) is 12.8 Å². The van der Waals surface area contributed by atoms with Gasteiger partial charge in [0.25, 0.3) is 5.56 Å². The van der Waals surface area contributed by atoms with E-state index in [1.54, 1.807) is 0 Å². The first kappa shape index (κ1) is 14.0. The Bertz CT molecular complexity index is 483. The molecular formula is C11H14F3N3O2. The molecule has 5 nitrogen and oxygen atoms in total. The maximum atomic E-state index is 11.9. The van der Waals surface area contributed by atoms with Crippen molar-refractivity contribution in [1.82, 2.24) is 15.3 Å². The van der Waals surface area contributed by atoms with Gasteiger partial charge in [0, 0.05) is 18.7 Å². The third-order valence-electron chi connectivity index (χ3n) is 2.50. The Morgan fingerprint density at radius 2 is 2.21 bits per heavy atom. The Morgan fingerprint density at radius 3 is 2.84 bits per heavy atom. The molecular weight excluding hydrogens is 263 g/mol. The van der Waals surface area contributed by atoms with Crippen LogP contribution in [-0.2, 0) is 17.9 Å². The van der Waals surface area contributed by atoms with E-state index in [1.807, 2.05) is 0 Å². The summed E-state index contributed by atoms with van der Waals surface area (Å²) in [5.74, 6) is 0.101. The van der Waals surface area contributed by atoms with E-state index in [1.165, 1.54) is 6.07 Å². The summed E-state index contributed by atoms with van der Waals surface area (Å²) in [6.45, 7) is -1.30. The molecule has 8 heteroatoms. The van der Waals surface area contributed by atoms with Crippen LogP contribution in [0.1, 0.15) is 24.4 Å². The maximum absolute atomic E-state index is 11.9. The van der Waals surface area contributed by atoms with Crippen LogP contribution in [0, 0.1) is 0 Å². The monoisotopic (exact) mass is 277 g/mol. The number of hydrogen-bond acceptors (Lipinski definition) is 4. The van der Waals surface area contributed by atoms with E-state index in [4.69, 9.17) is 0 Å². The van der Waals surface area contributed by atoms with E-state index in [9.17, 15) is 18.0 Å². The molecule has 1 aliphatic rings. The lowest BCUT2D eigenvalue weighted by molar-refractivity contribution is -0.177. The average molecular weight is 277 g/mol. The Hall–Kier alpha value is -1.41.